The lowest BCUT2D eigenvalue weighted by Crippen LogP contribution is -2.49. The zero-order chi connectivity index (χ0) is 18.8. The molecular weight excluding hydrogens is 312 g/mol. The lowest BCUT2D eigenvalue weighted by molar-refractivity contribution is -0.146. The fraction of sp³-hybridized carbons (Fsp3) is 0.773. The molecule has 0 aromatic carbocycles. The number of esters is 1. The average Bonchev–Trinajstić information content (AvgIpc) is 2.48. The van der Waals surface area contributed by atoms with Crippen molar-refractivity contribution in [2.45, 2.75) is 79.8 Å². The number of rotatable bonds is 5. The molecule has 142 valence electrons. The van der Waals surface area contributed by atoms with Gasteiger partial charge in [-0.05, 0) is 67.8 Å². The van der Waals surface area contributed by atoms with E-state index in [4.69, 9.17) is 4.74 Å². The highest BCUT2D eigenvalue weighted by Gasteiger charge is 2.52. The van der Waals surface area contributed by atoms with Crippen molar-refractivity contribution in [1.82, 2.24) is 0 Å². The Balaban J connectivity index is 2.33. The fourth-order valence-corrected chi connectivity index (χ4v) is 5.61. The van der Waals surface area contributed by atoms with E-state index in [1.165, 1.54) is 31.8 Å². The van der Waals surface area contributed by atoms with Gasteiger partial charge in [0, 0.05) is 6.92 Å². The third-order valence-electron chi connectivity index (χ3n) is 6.98. The second-order valence-corrected chi connectivity index (χ2v) is 9.10. The van der Waals surface area contributed by atoms with Gasteiger partial charge < -0.3 is 9.84 Å². The van der Waals surface area contributed by atoms with Gasteiger partial charge in [0.25, 0.3) is 0 Å². The number of aliphatic hydroxyl groups is 1. The minimum absolute atomic E-state index is 0.0178. The second-order valence-electron chi connectivity index (χ2n) is 9.10. The predicted molar refractivity (Wildman–Crippen MR) is 102 cm³/mol. The molecule has 0 heterocycles. The van der Waals surface area contributed by atoms with Crippen LogP contribution >= 0.6 is 0 Å². The van der Waals surface area contributed by atoms with E-state index < -0.39 is 0 Å². The molecule has 3 heteroatoms. The largest absolute Gasteiger partial charge is 0.458 e. The first-order chi connectivity index (χ1) is 11.6. The van der Waals surface area contributed by atoms with Crippen molar-refractivity contribution in [3.8, 4) is 0 Å². The van der Waals surface area contributed by atoms with E-state index in [0.29, 0.717) is 17.3 Å². The molecule has 2 rings (SSSR count). The maximum atomic E-state index is 11.6. The van der Waals surface area contributed by atoms with Crippen molar-refractivity contribution < 1.29 is 14.6 Å². The van der Waals surface area contributed by atoms with Crippen LogP contribution in [0.5, 0.6) is 0 Å². The average molecular weight is 349 g/mol. The highest BCUT2D eigenvalue weighted by Crippen LogP contribution is 2.60. The first kappa shape index (κ1) is 20.2. The van der Waals surface area contributed by atoms with Gasteiger partial charge in [-0.3, -0.25) is 4.79 Å². The summed E-state index contributed by atoms with van der Waals surface area (Å²) in [6, 6.07) is 0. The lowest BCUT2D eigenvalue weighted by atomic mass is 9.48. The van der Waals surface area contributed by atoms with E-state index in [-0.39, 0.29) is 24.1 Å². The molecule has 1 N–H and O–H groups in total. The zero-order valence-electron chi connectivity index (χ0n) is 16.9. The van der Waals surface area contributed by atoms with E-state index in [1.54, 1.807) is 6.08 Å². The fourth-order valence-electron chi connectivity index (χ4n) is 5.61. The summed E-state index contributed by atoms with van der Waals surface area (Å²) in [5, 5.41) is 9.26. The number of ether oxygens (including phenoxy) is 1. The Morgan fingerprint density at radius 3 is 2.64 bits per heavy atom. The molecule has 25 heavy (non-hydrogen) atoms. The van der Waals surface area contributed by atoms with Crippen molar-refractivity contribution in [2.75, 3.05) is 6.61 Å². The van der Waals surface area contributed by atoms with Gasteiger partial charge in [-0.15, -0.1) is 0 Å². The molecule has 4 unspecified atom stereocenters. The molecule has 0 aliphatic heterocycles. The molecule has 0 bridgehead atoms. The van der Waals surface area contributed by atoms with Gasteiger partial charge in [0.2, 0.25) is 0 Å². The number of carbonyl (C=O) groups excluding carboxylic acids is 1. The molecule has 2 aliphatic rings. The highest BCUT2D eigenvalue weighted by molar-refractivity contribution is 5.66. The molecule has 1 saturated carbocycles. The van der Waals surface area contributed by atoms with Gasteiger partial charge in [0.05, 0.1) is 6.61 Å². The summed E-state index contributed by atoms with van der Waals surface area (Å²) in [5.74, 6) is 0.832. The highest BCUT2D eigenvalue weighted by atomic mass is 16.5. The van der Waals surface area contributed by atoms with Crippen LogP contribution < -0.4 is 0 Å². The van der Waals surface area contributed by atoms with Gasteiger partial charge in [-0.1, -0.05) is 44.9 Å². The molecule has 0 amide bonds. The molecule has 0 saturated heterocycles. The van der Waals surface area contributed by atoms with E-state index in [9.17, 15) is 9.90 Å². The van der Waals surface area contributed by atoms with Gasteiger partial charge >= 0.3 is 5.97 Å². The normalized spacial score (nSPS) is 33.2. The Hall–Kier alpha value is -1.09. The van der Waals surface area contributed by atoms with E-state index in [2.05, 4.69) is 33.8 Å². The van der Waals surface area contributed by atoms with Crippen LogP contribution in [-0.4, -0.2) is 23.8 Å². The Morgan fingerprint density at radius 1 is 1.36 bits per heavy atom. The smallest absolute Gasteiger partial charge is 0.303 e. The van der Waals surface area contributed by atoms with Crippen LogP contribution in [0, 0.1) is 22.7 Å². The van der Waals surface area contributed by atoms with Gasteiger partial charge in [-0.2, -0.15) is 0 Å². The topological polar surface area (TPSA) is 46.5 Å². The first-order valence-corrected chi connectivity index (χ1v) is 9.73. The standard InChI is InChI=1S/C22H36O3/c1-15-8-9-20-21(4,5)11-7-12-22(20,6)18(15)14-19(25-17(3)24)16(2)10-13-23/h8,10,18-20,23H,7,9,11-14H2,1-6H3. The van der Waals surface area contributed by atoms with E-state index in [1.807, 2.05) is 6.92 Å². The van der Waals surface area contributed by atoms with E-state index in [0.717, 1.165) is 18.4 Å². The number of hydrogen-bond acceptors (Lipinski definition) is 3. The summed E-state index contributed by atoms with van der Waals surface area (Å²) >= 11 is 0. The van der Waals surface area contributed by atoms with Crippen molar-refractivity contribution >= 4 is 5.97 Å². The summed E-state index contributed by atoms with van der Waals surface area (Å²) in [6.07, 6.45) is 9.71. The van der Waals surface area contributed by atoms with Gasteiger partial charge in [0.15, 0.2) is 0 Å². The van der Waals surface area contributed by atoms with Crippen LogP contribution in [-0.2, 0) is 9.53 Å². The third-order valence-corrected chi connectivity index (χ3v) is 6.98. The third kappa shape index (κ3) is 4.19. The minimum Gasteiger partial charge on any atom is -0.458 e. The zero-order valence-corrected chi connectivity index (χ0v) is 16.9. The van der Waals surface area contributed by atoms with Crippen LogP contribution in [0.2, 0.25) is 0 Å². The molecule has 2 aliphatic carbocycles. The van der Waals surface area contributed by atoms with Crippen molar-refractivity contribution in [3.63, 3.8) is 0 Å². The number of fused-ring (bicyclic) bond motifs is 1. The van der Waals surface area contributed by atoms with Crippen LogP contribution in [0.25, 0.3) is 0 Å². The van der Waals surface area contributed by atoms with E-state index >= 15 is 0 Å². The van der Waals surface area contributed by atoms with Crippen LogP contribution in [0.1, 0.15) is 73.6 Å². The summed E-state index contributed by atoms with van der Waals surface area (Å²) in [7, 11) is 0. The van der Waals surface area contributed by atoms with Crippen LogP contribution in [0.3, 0.4) is 0 Å². The Morgan fingerprint density at radius 2 is 2.04 bits per heavy atom. The number of carbonyl (C=O) groups is 1. The van der Waals surface area contributed by atoms with Crippen molar-refractivity contribution in [2.24, 2.45) is 22.7 Å². The second kappa shape index (κ2) is 7.65. The van der Waals surface area contributed by atoms with Crippen molar-refractivity contribution in [3.05, 3.63) is 23.3 Å². The predicted octanol–water partition coefficient (Wildman–Crippen LogP) is 5.05. The van der Waals surface area contributed by atoms with Gasteiger partial charge in [0.1, 0.15) is 6.10 Å². The maximum Gasteiger partial charge on any atom is 0.303 e. The SMILES string of the molecule is CC(=O)OC(CC1C(C)=CCC2C(C)(C)CCCC12C)C(C)=CCO. The molecule has 4 atom stereocenters. The molecule has 3 nitrogen and oxygen atoms in total. The van der Waals surface area contributed by atoms with Crippen LogP contribution in [0.4, 0.5) is 0 Å². The van der Waals surface area contributed by atoms with Gasteiger partial charge in [-0.25, -0.2) is 0 Å². The summed E-state index contributed by atoms with van der Waals surface area (Å²) in [6.45, 7) is 12.9. The number of allylic oxidation sites excluding steroid dienone is 2. The Labute approximate surface area is 153 Å². The molecule has 0 aromatic rings. The minimum atomic E-state index is -0.251. The summed E-state index contributed by atoms with van der Waals surface area (Å²) in [5.41, 5.74) is 2.99. The molecule has 0 aromatic heterocycles. The summed E-state index contributed by atoms with van der Waals surface area (Å²) in [4.78, 5) is 11.6. The molecule has 0 radical (unpaired) electrons. The Kier molecular flexibility index (Phi) is 6.19. The number of hydrogen-bond donors (Lipinski definition) is 1. The number of aliphatic hydroxyl groups excluding tert-OH is 1. The van der Waals surface area contributed by atoms with Crippen LogP contribution in [0.15, 0.2) is 23.3 Å². The van der Waals surface area contributed by atoms with Crippen molar-refractivity contribution in [1.29, 1.82) is 0 Å². The lowest BCUT2D eigenvalue weighted by Gasteiger charge is -2.57. The first-order valence-electron chi connectivity index (χ1n) is 9.73. The monoisotopic (exact) mass is 348 g/mol. The Bertz CT molecular complexity index is 558. The quantitative estimate of drug-likeness (QED) is 0.559. The summed E-state index contributed by atoms with van der Waals surface area (Å²) < 4.78 is 5.65. The maximum absolute atomic E-state index is 11.6. The molecule has 1 fully saturated rings. The molecule has 0 spiro atoms. The molecular formula is C22H36O3.